The van der Waals surface area contributed by atoms with Gasteiger partial charge in [-0.15, -0.1) is 6.58 Å². The lowest BCUT2D eigenvalue weighted by atomic mass is 9.97. The van der Waals surface area contributed by atoms with Gasteiger partial charge in [-0.2, -0.15) is 0 Å². The molecule has 1 saturated heterocycles. The first kappa shape index (κ1) is 14.6. The van der Waals surface area contributed by atoms with Gasteiger partial charge in [0.05, 0.1) is 12.1 Å². The van der Waals surface area contributed by atoms with Crippen molar-refractivity contribution in [3.8, 4) is 0 Å². The Morgan fingerprint density at radius 1 is 1.45 bits per heavy atom. The van der Waals surface area contributed by atoms with Gasteiger partial charge in [0.25, 0.3) is 0 Å². The van der Waals surface area contributed by atoms with Crippen molar-refractivity contribution < 1.29 is 14.6 Å². The molecule has 1 N–H and O–H groups in total. The lowest BCUT2D eigenvalue weighted by molar-refractivity contribution is 0.00462. The van der Waals surface area contributed by atoms with Crippen LogP contribution >= 0.6 is 0 Å². The number of nitrogens with zero attached hydrogens (tertiary/aromatic N) is 1. The molecule has 0 aromatic heterocycles. The molecular weight excluding hydrogens is 254 g/mol. The summed E-state index contributed by atoms with van der Waals surface area (Å²) in [5.74, 6) is 0. The van der Waals surface area contributed by atoms with Crippen molar-refractivity contribution in [2.45, 2.75) is 38.0 Å². The third-order valence-corrected chi connectivity index (χ3v) is 3.59. The predicted octanol–water partition coefficient (Wildman–Crippen LogP) is 2.72. The third kappa shape index (κ3) is 3.61. The summed E-state index contributed by atoms with van der Waals surface area (Å²) < 4.78 is 5.33. The Morgan fingerprint density at radius 3 is 2.90 bits per heavy atom. The summed E-state index contributed by atoms with van der Waals surface area (Å²) in [6.45, 7) is 4.57. The van der Waals surface area contributed by atoms with Gasteiger partial charge in [0.1, 0.15) is 6.61 Å². The Morgan fingerprint density at radius 2 is 2.20 bits per heavy atom. The molecule has 1 fully saturated rings. The maximum atomic E-state index is 12.2. The third-order valence-electron chi connectivity index (χ3n) is 3.59. The Kier molecular flexibility index (Phi) is 5.18. The van der Waals surface area contributed by atoms with Crippen LogP contribution in [0, 0.1) is 0 Å². The summed E-state index contributed by atoms with van der Waals surface area (Å²) in [5.41, 5.74) is 0.957. The van der Waals surface area contributed by atoms with Crippen molar-refractivity contribution in [1.82, 2.24) is 4.90 Å². The van der Waals surface area contributed by atoms with E-state index in [4.69, 9.17) is 4.74 Å². The van der Waals surface area contributed by atoms with E-state index < -0.39 is 6.10 Å². The van der Waals surface area contributed by atoms with E-state index in [1.165, 1.54) is 0 Å². The Hall–Kier alpha value is -1.81. The summed E-state index contributed by atoms with van der Waals surface area (Å²) in [6, 6.07) is 9.36. The van der Waals surface area contributed by atoms with Crippen molar-refractivity contribution in [2.75, 3.05) is 6.54 Å². The molecule has 4 nitrogen and oxygen atoms in total. The van der Waals surface area contributed by atoms with Crippen molar-refractivity contribution in [1.29, 1.82) is 0 Å². The van der Waals surface area contributed by atoms with Crippen LogP contribution in [0.3, 0.4) is 0 Å². The number of carbonyl (C=O) groups excluding carboxylic acids is 1. The Bertz CT molecular complexity index is 446. The molecule has 2 rings (SSSR count). The molecule has 0 bridgehead atoms. The zero-order chi connectivity index (χ0) is 14.4. The fourth-order valence-electron chi connectivity index (χ4n) is 2.52. The molecule has 1 aliphatic rings. The number of aliphatic hydroxyl groups is 1. The molecule has 1 amide bonds. The number of hydrogen-bond acceptors (Lipinski definition) is 3. The highest BCUT2D eigenvalue weighted by atomic mass is 16.6. The standard InChI is InChI=1S/C16H21NO3/c1-2-7-14-15(18)10-6-11-17(14)16(19)20-12-13-8-4-3-5-9-13/h2-5,8-9,14-15,18H,1,6-7,10-12H2/t14-,15+/m1/s1. The molecule has 0 saturated carbocycles. The number of likely N-dealkylation sites (tertiary alicyclic amines) is 1. The van der Waals surface area contributed by atoms with Gasteiger partial charge in [0, 0.05) is 6.54 Å². The first-order valence-electron chi connectivity index (χ1n) is 6.98. The monoisotopic (exact) mass is 275 g/mol. The number of hydrogen-bond donors (Lipinski definition) is 1. The quantitative estimate of drug-likeness (QED) is 0.860. The second-order valence-electron chi connectivity index (χ2n) is 5.03. The van der Waals surface area contributed by atoms with Crippen LogP contribution in [0.15, 0.2) is 43.0 Å². The Balaban J connectivity index is 1.94. The van der Waals surface area contributed by atoms with E-state index in [0.717, 1.165) is 18.4 Å². The van der Waals surface area contributed by atoms with Crippen LogP contribution in [0.5, 0.6) is 0 Å². The molecule has 1 aliphatic heterocycles. The van der Waals surface area contributed by atoms with Crippen molar-refractivity contribution in [3.63, 3.8) is 0 Å². The first-order valence-corrected chi connectivity index (χ1v) is 6.98. The summed E-state index contributed by atoms with van der Waals surface area (Å²) in [4.78, 5) is 13.8. The summed E-state index contributed by atoms with van der Waals surface area (Å²) >= 11 is 0. The number of carbonyl (C=O) groups is 1. The maximum Gasteiger partial charge on any atom is 0.410 e. The predicted molar refractivity (Wildman–Crippen MR) is 77.2 cm³/mol. The molecule has 0 spiro atoms. The number of ether oxygens (including phenoxy) is 1. The highest BCUT2D eigenvalue weighted by Gasteiger charge is 2.33. The van der Waals surface area contributed by atoms with E-state index in [2.05, 4.69) is 6.58 Å². The largest absolute Gasteiger partial charge is 0.445 e. The van der Waals surface area contributed by atoms with E-state index in [-0.39, 0.29) is 18.7 Å². The number of rotatable bonds is 4. The molecule has 1 aromatic carbocycles. The van der Waals surface area contributed by atoms with Crippen LogP contribution in [-0.4, -0.2) is 34.8 Å². The minimum Gasteiger partial charge on any atom is -0.445 e. The molecule has 0 radical (unpaired) electrons. The molecular formula is C16H21NO3. The highest BCUT2D eigenvalue weighted by molar-refractivity contribution is 5.68. The SMILES string of the molecule is C=CC[C@@H]1[C@@H](O)CCCN1C(=O)OCc1ccccc1. The van der Waals surface area contributed by atoms with Gasteiger partial charge < -0.3 is 14.7 Å². The van der Waals surface area contributed by atoms with E-state index in [1.54, 1.807) is 11.0 Å². The summed E-state index contributed by atoms with van der Waals surface area (Å²) in [6.07, 6.45) is 2.99. The van der Waals surface area contributed by atoms with Crippen LogP contribution in [0.1, 0.15) is 24.8 Å². The van der Waals surface area contributed by atoms with Gasteiger partial charge in [-0.3, -0.25) is 0 Å². The summed E-state index contributed by atoms with van der Waals surface area (Å²) in [5, 5.41) is 10.0. The van der Waals surface area contributed by atoms with E-state index >= 15 is 0 Å². The minimum atomic E-state index is -0.494. The fraction of sp³-hybridized carbons (Fsp3) is 0.438. The smallest absolute Gasteiger partial charge is 0.410 e. The molecule has 0 unspecified atom stereocenters. The van der Waals surface area contributed by atoms with Crippen LogP contribution in [0.4, 0.5) is 4.79 Å². The fourth-order valence-corrected chi connectivity index (χ4v) is 2.52. The van der Waals surface area contributed by atoms with E-state index in [9.17, 15) is 9.90 Å². The van der Waals surface area contributed by atoms with Crippen LogP contribution < -0.4 is 0 Å². The van der Waals surface area contributed by atoms with Crippen LogP contribution in [0.25, 0.3) is 0 Å². The summed E-state index contributed by atoms with van der Waals surface area (Å²) in [7, 11) is 0. The van der Waals surface area contributed by atoms with Gasteiger partial charge >= 0.3 is 6.09 Å². The maximum absolute atomic E-state index is 12.2. The second-order valence-corrected chi connectivity index (χ2v) is 5.03. The first-order chi connectivity index (χ1) is 9.72. The topological polar surface area (TPSA) is 49.8 Å². The average molecular weight is 275 g/mol. The molecule has 1 aromatic rings. The molecule has 20 heavy (non-hydrogen) atoms. The van der Waals surface area contributed by atoms with Gasteiger partial charge in [0.2, 0.25) is 0 Å². The van der Waals surface area contributed by atoms with Crippen LogP contribution in [-0.2, 0) is 11.3 Å². The van der Waals surface area contributed by atoms with E-state index in [0.29, 0.717) is 13.0 Å². The second kappa shape index (κ2) is 7.10. The van der Waals surface area contributed by atoms with E-state index in [1.807, 2.05) is 30.3 Å². The molecule has 4 heteroatoms. The number of piperidine rings is 1. The molecule has 1 heterocycles. The molecule has 108 valence electrons. The van der Waals surface area contributed by atoms with Gasteiger partial charge in [-0.1, -0.05) is 36.4 Å². The zero-order valence-electron chi connectivity index (χ0n) is 11.6. The molecule has 0 aliphatic carbocycles. The Labute approximate surface area is 119 Å². The number of benzene rings is 1. The van der Waals surface area contributed by atoms with Gasteiger partial charge in [-0.05, 0) is 24.8 Å². The van der Waals surface area contributed by atoms with Crippen molar-refractivity contribution in [2.24, 2.45) is 0 Å². The van der Waals surface area contributed by atoms with Crippen LogP contribution in [0.2, 0.25) is 0 Å². The van der Waals surface area contributed by atoms with Gasteiger partial charge in [-0.25, -0.2) is 4.79 Å². The zero-order valence-corrected chi connectivity index (χ0v) is 11.6. The lowest BCUT2D eigenvalue weighted by Crippen LogP contribution is -2.50. The van der Waals surface area contributed by atoms with Crippen molar-refractivity contribution in [3.05, 3.63) is 48.6 Å². The average Bonchev–Trinajstić information content (AvgIpc) is 2.48. The number of amides is 1. The normalized spacial score (nSPS) is 22.4. The lowest BCUT2D eigenvalue weighted by Gasteiger charge is -2.37. The highest BCUT2D eigenvalue weighted by Crippen LogP contribution is 2.21. The van der Waals surface area contributed by atoms with Crippen molar-refractivity contribution >= 4 is 6.09 Å². The van der Waals surface area contributed by atoms with Gasteiger partial charge in [0.15, 0.2) is 0 Å². The molecule has 2 atom stereocenters. The number of aliphatic hydroxyl groups excluding tert-OH is 1. The minimum absolute atomic E-state index is 0.218.